The van der Waals surface area contributed by atoms with E-state index < -0.39 is 0 Å². The molecule has 0 N–H and O–H groups in total. The summed E-state index contributed by atoms with van der Waals surface area (Å²) >= 11 is 0. The summed E-state index contributed by atoms with van der Waals surface area (Å²) in [6.07, 6.45) is 8.54. The summed E-state index contributed by atoms with van der Waals surface area (Å²) in [7, 11) is 0. The van der Waals surface area contributed by atoms with E-state index in [1.54, 1.807) is 12.3 Å². The Morgan fingerprint density at radius 1 is 1.38 bits per heavy atom. The number of hydrogen-bond donors (Lipinski definition) is 0. The Kier molecular flexibility index (Phi) is 3.49. The lowest BCUT2D eigenvalue weighted by atomic mass is 9.86. The molecule has 1 fully saturated rings. The van der Waals surface area contributed by atoms with E-state index in [0.717, 1.165) is 25.7 Å². The molecule has 0 amide bonds. The van der Waals surface area contributed by atoms with Gasteiger partial charge in [0.2, 0.25) is 0 Å². The van der Waals surface area contributed by atoms with Crippen LogP contribution in [0.15, 0.2) is 23.3 Å². The Morgan fingerprint density at radius 2 is 2.12 bits per heavy atom. The topological polar surface area (TPSA) is 52.0 Å². The summed E-state index contributed by atoms with van der Waals surface area (Å²) in [5, 5.41) is 0. The molecule has 1 saturated carbocycles. The molecule has 0 saturated heterocycles. The van der Waals surface area contributed by atoms with Gasteiger partial charge in [0.15, 0.2) is 5.78 Å². The van der Waals surface area contributed by atoms with Crippen molar-refractivity contribution in [3.8, 4) is 0 Å². The zero-order chi connectivity index (χ0) is 11.4. The first kappa shape index (κ1) is 11.0. The normalized spacial score (nSPS) is 17.2. The molecular formula is C12H16N2O2. The molecule has 4 heteroatoms. The van der Waals surface area contributed by atoms with Crippen molar-refractivity contribution in [2.45, 2.75) is 38.6 Å². The molecule has 0 spiro atoms. The van der Waals surface area contributed by atoms with E-state index in [1.807, 2.05) is 0 Å². The van der Waals surface area contributed by atoms with E-state index in [9.17, 15) is 9.59 Å². The molecule has 1 heterocycles. The SMILES string of the molecule is O=C(Cn1cccnc1=O)C1CCCCC1. The van der Waals surface area contributed by atoms with Crippen molar-refractivity contribution in [2.75, 3.05) is 0 Å². The van der Waals surface area contributed by atoms with E-state index in [4.69, 9.17) is 0 Å². The number of hydrogen-bond acceptors (Lipinski definition) is 3. The van der Waals surface area contributed by atoms with Crippen molar-refractivity contribution in [1.29, 1.82) is 0 Å². The number of ketones is 1. The van der Waals surface area contributed by atoms with E-state index in [2.05, 4.69) is 4.98 Å². The quantitative estimate of drug-likeness (QED) is 0.773. The highest BCUT2D eigenvalue weighted by Gasteiger charge is 2.21. The Bertz CT molecular complexity index is 419. The Balaban J connectivity index is 2.01. The summed E-state index contributed by atoms with van der Waals surface area (Å²) in [4.78, 5) is 26.9. The Labute approximate surface area is 94.3 Å². The molecule has 2 rings (SSSR count). The molecule has 0 radical (unpaired) electrons. The second-order valence-electron chi connectivity index (χ2n) is 4.33. The molecule has 1 aromatic rings. The van der Waals surface area contributed by atoms with Gasteiger partial charge in [-0.25, -0.2) is 9.78 Å². The minimum absolute atomic E-state index is 0.154. The molecule has 0 bridgehead atoms. The third-order valence-electron chi connectivity index (χ3n) is 3.17. The van der Waals surface area contributed by atoms with E-state index in [-0.39, 0.29) is 23.9 Å². The van der Waals surface area contributed by atoms with Crippen LogP contribution >= 0.6 is 0 Å². The van der Waals surface area contributed by atoms with Gasteiger partial charge in [-0.05, 0) is 18.9 Å². The van der Waals surface area contributed by atoms with Gasteiger partial charge in [-0.15, -0.1) is 0 Å². The first-order chi connectivity index (χ1) is 7.77. The first-order valence-corrected chi connectivity index (χ1v) is 5.81. The minimum Gasteiger partial charge on any atom is -0.297 e. The zero-order valence-electron chi connectivity index (χ0n) is 9.26. The van der Waals surface area contributed by atoms with Crippen LogP contribution in [0.25, 0.3) is 0 Å². The van der Waals surface area contributed by atoms with Crippen molar-refractivity contribution in [2.24, 2.45) is 5.92 Å². The van der Waals surface area contributed by atoms with E-state index in [0.29, 0.717) is 0 Å². The second kappa shape index (κ2) is 5.05. The smallest absolute Gasteiger partial charge is 0.297 e. The van der Waals surface area contributed by atoms with Crippen molar-refractivity contribution >= 4 is 5.78 Å². The number of carbonyl (C=O) groups is 1. The van der Waals surface area contributed by atoms with E-state index in [1.165, 1.54) is 17.2 Å². The van der Waals surface area contributed by atoms with Crippen molar-refractivity contribution in [3.05, 3.63) is 28.9 Å². The molecule has 86 valence electrons. The maximum atomic E-state index is 11.9. The van der Waals surface area contributed by atoms with Gasteiger partial charge in [0, 0.05) is 18.3 Å². The Hall–Kier alpha value is -1.45. The number of rotatable bonds is 3. The molecular weight excluding hydrogens is 204 g/mol. The Morgan fingerprint density at radius 3 is 2.81 bits per heavy atom. The molecule has 1 aliphatic carbocycles. The molecule has 0 aliphatic heterocycles. The van der Waals surface area contributed by atoms with Gasteiger partial charge in [-0.3, -0.25) is 9.36 Å². The molecule has 4 nitrogen and oxygen atoms in total. The highest BCUT2D eigenvalue weighted by molar-refractivity contribution is 5.80. The maximum Gasteiger partial charge on any atom is 0.347 e. The first-order valence-electron chi connectivity index (χ1n) is 5.81. The van der Waals surface area contributed by atoms with Crippen LogP contribution < -0.4 is 5.69 Å². The lowest BCUT2D eigenvalue weighted by Crippen LogP contribution is -2.29. The van der Waals surface area contributed by atoms with Crippen LogP contribution in [0.2, 0.25) is 0 Å². The van der Waals surface area contributed by atoms with Gasteiger partial charge in [-0.2, -0.15) is 0 Å². The average Bonchev–Trinajstić information content (AvgIpc) is 2.33. The maximum absolute atomic E-state index is 11.9. The summed E-state index contributed by atoms with van der Waals surface area (Å²) in [5.74, 6) is 0.329. The molecule has 1 aliphatic rings. The van der Waals surface area contributed by atoms with Crippen LogP contribution in [0.4, 0.5) is 0 Å². The highest BCUT2D eigenvalue weighted by Crippen LogP contribution is 2.24. The van der Waals surface area contributed by atoms with Crippen LogP contribution in [0.5, 0.6) is 0 Å². The van der Waals surface area contributed by atoms with Crippen LogP contribution in [-0.2, 0) is 11.3 Å². The van der Waals surface area contributed by atoms with Gasteiger partial charge in [0.25, 0.3) is 0 Å². The largest absolute Gasteiger partial charge is 0.347 e. The van der Waals surface area contributed by atoms with Crippen molar-refractivity contribution in [1.82, 2.24) is 9.55 Å². The van der Waals surface area contributed by atoms with Crippen LogP contribution in [0, 0.1) is 5.92 Å². The van der Waals surface area contributed by atoms with Crippen LogP contribution in [0.1, 0.15) is 32.1 Å². The predicted octanol–water partition coefficient (Wildman–Crippen LogP) is 1.39. The van der Waals surface area contributed by atoms with Crippen molar-refractivity contribution < 1.29 is 4.79 Å². The molecule has 0 atom stereocenters. The standard InChI is InChI=1S/C12H16N2O2/c15-11(10-5-2-1-3-6-10)9-14-8-4-7-13-12(14)16/h4,7-8,10H,1-3,5-6,9H2. The van der Waals surface area contributed by atoms with Gasteiger partial charge >= 0.3 is 5.69 Å². The third-order valence-corrected chi connectivity index (χ3v) is 3.17. The zero-order valence-corrected chi connectivity index (χ0v) is 9.26. The number of carbonyl (C=O) groups excluding carboxylic acids is 1. The summed E-state index contributed by atoms with van der Waals surface area (Å²) in [6, 6.07) is 1.68. The lowest BCUT2D eigenvalue weighted by molar-refractivity contribution is -0.124. The average molecular weight is 220 g/mol. The molecule has 16 heavy (non-hydrogen) atoms. The van der Waals surface area contributed by atoms with Crippen LogP contribution in [0.3, 0.4) is 0 Å². The second-order valence-corrected chi connectivity index (χ2v) is 4.33. The molecule has 0 aromatic carbocycles. The van der Waals surface area contributed by atoms with Gasteiger partial charge < -0.3 is 0 Å². The minimum atomic E-state index is -0.341. The fourth-order valence-electron chi connectivity index (χ4n) is 2.23. The summed E-state index contributed by atoms with van der Waals surface area (Å²) in [6.45, 7) is 0.178. The molecule has 0 unspecified atom stereocenters. The monoisotopic (exact) mass is 220 g/mol. The predicted molar refractivity (Wildman–Crippen MR) is 60.1 cm³/mol. The molecule has 1 aromatic heterocycles. The third kappa shape index (κ3) is 2.56. The van der Waals surface area contributed by atoms with Crippen molar-refractivity contribution in [3.63, 3.8) is 0 Å². The number of aromatic nitrogens is 2. The summed E-state index contributed by atoms with van der Waals surface area (Å²) < 4.78 is 1.39. The fourth-order valence-corrected chi connectivity index (χ4v) is 2.23. The van der Waals surface area contributed by atoms with Gasteiger partial charge in [-0.1, -0.05) is 19.3 Å². The lowest BCUT2D eigenvalue weighted by Gasteiger charge is -2.20. The van der Waals surface area contributed by atoms with E-state index >= 15 is 0 Å². The summed E-state index contributed by atoms with van der Waals surface area (Å²) in [5.41, 5.74) is -0.341. The fraction of sp³-hybridized carbons (Fsp3) is 0.583. The van der Waals surface area contributed by atoms with Gasteiger partial charge in [0.05, 0.1) is 6.54 Å². The van der Waals surface area contributed by atoms with Gasteiger partial charge in [0.1, 0.15) is 0 Å². The van der Waals surface area contributed by atoms with Crippen LogP contribution in [-0.4, -0.2) is 15.3 Å². The number of Topliss-reactive ketones (excluding diaryl/α,β-unsaturated/α-hetero) is 1. The highest BCUT2D eigenvalue weighted by atomic mass is 16.2. The number of nitrogens with zero attached hydrogens (tertiary/aromatic N) is 2.